The van der Waals surface area contributed by atoms with Crippen LogP contribution in [0, 0.1) is 11.3 Å². The molecule has 0 saturated carbocycles. The van der Waals surface area contributed by atoms with Crippen molar-refractivity contribution in [3.8, 4) is 34.7 Å². The number of aromatic nitrogens is 2. The number of rotatable bonds is 7. The van der Waals surface area contributed by atoms with Crippen molar-refractivity contribution in [2.75, 3.05) is 13.7 Å². The Morgan fingerprint density at radius 1 is 1.33 bits per heavy atom. The molecule has 8 heteroatoms. The minimum atomic E-state index is -0.289. The molecule has 0 unspecified atom stereocenters. The van der Waals surface area contributed by atoms with E-state index in [0.29, 0.717) is 28.6 Å². The Labute approximate surface area is 192 Å². The molecule has 0 saturated heterocycles. The molecule has 0 amide bonds. The second-order valence-corrected chi connectivity index (χ2v) is 8.19. The summed E-state index contributed by atoms with van der Waals surface area (Å²) >= 11 is 0. The van der Waals surface area contributed by atoms with E-state index >= 15 is 0 Å². The predicted molar refractivity (Wildman–Crippen MR) is 121 cm³/mol. The van der Waals surface area contributed by atoms with Gasteiger partial charge in [0.05, 0.1) is 25.3 Å². The highest BCUT2D eigenvalue weighted by Crippen LogP contribution is 2.36. The fourth-order valence-electron chi connectivity index (χ4n) is 4.11. The average Bonchev–Trinajstić information content (AvgIpc) is 3.32. The maximum absolute atomic E-state index is 11.6. The van der Waals surface area contributed by atoms with Crippen LogP contribution in [0.4, 0.5) is 0 Å². The van der Waals surface area contributed by atoms with Gasteiger partial charge in [0, 0.05) is 17.2 Å². The van der Waals surface area contributed by atoms with Crippen LogP contribution < -0.4 is 10.1 Å². The number of hydrogen-bond acceptors (Lipinski definition) is 8. The summed E-state index contributed by atoms with van der Waals surface area (Å²) in [6.45, 7) is 3.99. The monoisotopic (exact) mass is 446 g/mol. The lowest BCUT2D eigenvalue weighted by Crippen LogP contribution is -2.30. The number of nitriles is 1. The second-order valence-electron chi connectivity index (χ2n) is 8.19. The highest BCUT2D eigenvalue weighted by Gasteiger charge is 2.25. The van der Waals surface area contributed by atoms with Crippen molar-refractivity contribution in [2.24, 2.45) is 0 Å². The molecule has 4 rings (SSSR count). The average molecular weight is 447 g/mol. The van der Waals surface area contributed by atoms with Gasteiger partial charge in [0.1, 0.15) is 11.8 Å². The fraction of sp³-hybridized carbons (Fsp3) is 0.360. The third kappa shape index (κ3) is 4.89. The highest BCUT2D eigenvalue weighted by atomic mass is 16.5. The van der Waals surface area contributed by atoms with E-state index in [0.717, 1.165) is 36.0 Å². The lowest BCUT2D eigenvalue weighted by molar-refractivity contribution is -0.139. The van der Waals surface area contributed by atoms with E-state index in [1.807, 2.05) is 32.0 Å². The van der Waals surface area contributed by atoms with Crippen LogP contribution in [-0.2, 0) is 16.0 Å². The first-order chi connectivity index (χ1) is 16.0. The number of ether oxygens (including phenoxy) is 2. The van der Waals surface area contributed by atoms with Gasteiger partial charge < -0.3 is 19.3 Å². The summed E-state index contributed by atoms with van der Waals surface area (Å²) in [5.74, 6) is 1.07. The third-order valence-corrected chi connectivity index (χ3v) is 5.60. The molecule has 1 N–H and O–H groups in total. The van der Waals surface area contributed by atoms with E-state index in [2.05, 4.69) is 27.6 Å². The van der Waals surface area contributed by atoms with Gasteiger partial charge in [-0.25, -0.2) is 0 Å². The van der Waals surface area contributed by atoms with E-state index in [-0.39, 0.29) is 24.7 Å². The molecule has 0 spiro atoms. The number of carbonyl (C=O) groups excluding carboxylic acids is 1. The number of nitrogens with zero attached hydrogens (tertiary/aromatic N) is 3. The minimum Gasteiger partial charge on any atom is -0.490 e. The molecule has 0 fully saturated rings. The number of nitrogens with one attached hydrogen (secondary N) is 1. The zero-order valence-corrected chi connectivity index (χ0v) is 18.9. The number of carbonyl (C=O) groups is 1. The van der Waals surface area contributed by atoms with Crippen LogP contribution in [0.15, 0.2) is 40.9 Å². The Hall–Kier alpha value is -3.70. The SMILES string of the molecule is COC(=O)CN[C@H]1CCCc2c(-c3noc(-c4ccc(OC(C)C)c(C#N)c4)n3)cccc21. The Bertz CT molecular complexity index is 1200. The molecule has 3 aromatic rings. The third-order valence-electron chi connectivity index (χ3n) is 5.60. The van der Waals surface area contributed by atoms with Gasteiger partial charge >= 0.3 is 5.97 Å². The summed E-state index contributed by atoms with van der Waals surface area (Å²) < 4.78 is 16.0. The van der Waals surface area contributed by atoms with Crippen molar-refractivity contribution in [1.29, 1.82) is 5.26 Å². The smallest absolute Gasteiger partial charge is 0.319 e. The number of fused-ring (bicyclic) bond motifs is 1. The van der Waals surface area contributed by atoms with Crippen molar-refractivity contribution in [1.82, 2.24) is 15.5 Å². The van der Waals surface area contributed by atoms with Gasteiger partial charge in [-0.05, 0) is 62.4 Å². The summed E-state index contributed by atoms with van der Waals surface area (Å²) in [6, 6.07) is 13.5. The van der Waals surface area contributed by atoms with Crippen LogP contribution in [-0.4, -0.2) is 35.9 Å². The first kappa shape index (κ1) is 22.5. The van der Waals surface area contributed by atoms with Gasteiger partial charge in [-0.1, -0.05) is 23.4 Å². The topological polar surface area (TPSA) is 110 Å². The predicted octanol–water partition coefficient (Wildman–Crippen LogP) is 4.20. The fourth-order valence-corrected chi connectivity index (χ4v) is 4.11. The normalized spacial score (nSPS) is 15.1. The molecule has 1 aliphatic carbocycles. The van der Waals surface area contributed by atoms with Gasteiger partial charge in [0.2, 0.25) is 5.82 Å². The van der Waals surface area contributed by atoms with Crippen molar-refractivity contribution >= 4 is 5.97 Å². The van der Waals surface area contributed by atoms with Crippen LogP contribution in [0.5, 0.6) is 5.75 Å². The second kappa shape index (κ2) is 9.84. The van der Waals surface area contributed by atoms with Gasteiger partial charge in [0.25, 0.3) is 5.89 Å². The van der Waals surface area contributed by atoms with Gasteiger partial charge in [-0.3, -0.25) is 4.79 Å². The van der Waals surface area contributed by atoms with Crippen LogP contribution in [0.25, 0.3) is 22.8 Å². The Morgan fingerprint density at radius 2 is 2.18 bits per heavy atom. The quantitative estimate of drug-likeness (QED) is 0.538. The summed E-state index contributed by atoms with van der Waals surface area (Å²) in [6.07, 6.45) is 2.78. The molecular weight excluding hydrogens is 420 g/mol. The van der Waals surface area contributed by atoms with Crippen molar-refractivity contribution < 1.29 is 18.8 Å². The van der Waals surface area contributed by atoms with Crippen LogP contribution in [0.3, 0.4) is 0 Å². The van der Waals surface area contributed by atoms with E-state index in [1.54, 1.807) is 12.1 Å². The van der Waals surface area contributed by atoms with Crippen molar-refractivity contribution in [3.05, 3.63) is 53.1 Å². The lowest BCUT2D eigenvalue weighted by atomic mass is 9.84. The van der Waals surface area contributed by atoms with Crippen molar-refractivity contribution in [2.45, 2.75) is 45.3 Å². The van der Waals surface area contributed by atoms with E-state index in [9.17, 15) is 10.1 Å². The summed E-state index contributed by atoms with van der Waals surface area (Å²) in [5, 5.41) is 17.0. The maximum atomic E-state index is 11.6. The number of methoxy groups -OCH3 is 1. The zero-order chi connectivity index (χ0) is 23.4. The molecule has 0 bridgehead atoms. The number of hydrogen-bond donors (Lipinski definition) is 1. The minimum absolute atomic E-state index is 0.0341. The first-order valence-corrected chi connectivity index (χ1v) is 11.0. The molecule has 170 valence electrons. The first-order valence-electron chi connectivity index (χ1n) is 11.0. The Balaban J connectivity index is 1.62. The van der Waals surface area contributed by atoms with Gasteiger partial charge in [-0.15, -0.1) is 0 Å². The molecule has 33 heavy (non-hydrogen) atoms. The largest absolute Gasteiger partial charge is 0.490 e. The molecule has 0 aliphatic heterocycles. The lowest BCUT2D eigenvalue weighted by Gasteiger charge is -2.27. The molecular formula is C25H26N4O4. The molecule has 2 aromatic carbocycles. The molecule has 0 radical (unpaired) electrons. The summed E-state index contributed by atoms with van der Waals surface area (Å²) in [5.41, 5.74) is 4.27. The number of esters is 1. The van der Waals surface area contributed by atoms with E-state index < -0.39 is 0 Å². The van der Waals surface area contributed by atoms with Gasteiger partial charge in [-0.2, -0.15) is 10.2 Å². The molecule has 1 aromatic heterocycles. The number of benzene rings is 2. The van der Waals surface area contributed by atoms with Crippen LogP contribution >= 0.6 is 0 Å². The highest BCUT2D eigenvalue weighted by molar-refractivity contribution is 5.71. The standard InChI is InChI=1S/C25H26N4O4/c1-15(2)32-22-11-10-16(12-17(22)13-26)25-28-24(29-33-25)20-8-4-7-19-18(20)6-5-9-21(19)27-14-23(30)31-3/h4,7-8,10-12,15,21,27H,5-6,9,14H2,1-3H3/t21-/m0/s1. The van der Waals surface area contributed by atoms with Gasteiger partial charge in [0.15, 0.2) is 0 Å². The maximum Gasteiger partial charge on any atom is 0.319 e. The Morgan fingerprint density at radius 3 is 2.94 bits per heavy atom. The molecule has 1 aliphatic rings. The summed E-state index contributed by atoms with van der Waals surface area (Å²) in [4.78, 5) is 16.2. The zero-order valence-electron chi connectivity index (χ0n) is 18.9. The van der Waals surface area contributed by atoms with Crippen molar-refractivity contribution in [3.63, 3.8) is 0 Å². The van der Waals surface area contributed by atoms with Crippen LogP contribution in [0.2, 0.25) is 0 Å². The van der Waals surface area contributed by atoms with Crippen LogP contribution in [0.1, 0.15) is 49.4 Å². The molecule has 8 nitrogen and oxygen atoms in total. The Kier molecular flexibility index (Phi) is 6.71. The molecule has 1 heterocycles. The van der Waals surface area contributed by atoms with E-state index in [4.69, 9.17) is 14.0 Å². The molecule has 1 atom stereocenters. The van der Waals surface area contributed by atoms with E-state index in [1.165, 1.54) is 7.11 Å². The summed E-state index contributed by atoms with van der Waals surface area (Å²) in [7, 11) is 1.38.